The topological polar surface area (TPSA) is 38.3 Å². The lowest BCUT2D eigenvalue weighted by molar-refractivity contribution is -0.132. The van der Waals surface area contributed by atoms with Crippen molar-refractivity contribution in [3.63, 3.8) is 0 Å². The van der Waals surface area contributed by atoms with Gasteiger partial charge in [-0.15, -0.1) is 5.92 Å². The average Bonchev–Trinajstić information content (AvgIpc) is 1.94. The molecule has 0 aliphatic carbocycles. The molecule has 1 unspecified atom stereocenters. The average molecular weight is 137 g/mol. The zero-order valence-corrected chi connectivity index (χ0v) is 5.55. The summed E-state index contributed by atoms with van der Waals surface area (Å²) in [5, 5.41) is 0. The van der Waals surface area contributed by atoms with Gasteiger partial charge in [0.25, 0.3) is 5.91 Å². The maximum Gasteiger partial charge on any atom is 0.271 e. The summed E-state index contributed by atoms with van der Waals surface area (Å²) in [5.74, 6) is 4.80. The molecule has 0 saturated carbocycles. The number of carbonyl (C=O) groups is 1. The lowest BCUT2D eigenvalue weighted by Crippen LogP contribution is -2.30. The molecule has 1 atom stereocenters. The van der Waals surface area contributed by atoms with E-state index in [1.54, 1.807) is 13.0 Å². The van der Waals surface area contributed by atoms with Crippen LogP contribution in [-0.2, 0) is 9.63 Å². The molecule has 0 aromatic heterocycles. The fourth-order valence-corrected chi connectivity index (χ4v) is 0.630. The first-order chi connectivity index (χ1) is 4.84. The molecule has 0 aromatic rings. The van der Waals surface area contributed by atoms with Crippen LogP contribution in [-0.4, -0.2) is 5.91 Å². The predicted molar refractivity (Wildman–Crippen MR) is 35.3 cm³/mol. The first kappa shape index (κ1) is 6.69. The molecule has 3 heteroatoms. The Labute approximate surface area is 59.0 Å². The molecular weight excluding hydrogens is 130 g/mol. The minimum Gasteiger partial charge on any atom is -0.388 e. The van der Waals surface area contributed by atoms with Crippen LogP contribution >= 0.6 is 0 Å². The second kappa shape index (κ2) is 2.92. The van der Waals surface area contributed by atoms with Crippen LogP contribution in [0.4, 0.5) is 0 Å². The Morgan fingerprint density at radius 2 is 2.60 bits per heavy atom. The Balaban J connectivity index is 2.70. The van der Waals surface area contributed by atoms with Crippen molar-refractivity contribution in [1.82, 2.24) is 5.48 Å². The quantitative estimate of drug-likeness (QED) is 0.484. The highest BCUT2D eigenvalue weighted by Gasteiger charge is 2.15. The fraction of sp³-hybridized carbons (Fsp3) is 0.286. The van der Waals surface area contributed by atoms with Crippen LogP contribution in [0.15, 0.2) is 12.3 Å². The van der Waals surface area contributed by atoms with Crippen LogP contribution < -0.4 is 5.48 Å². The molecule has 52 valence electrons. The summed E-state index contributed by atoms with van der Waals surface area (Å²) in [6.45, 7) is 1.69. The predicted octanol–water partition coefficient (Wildman–Crippen LogP) is 0.201. The van der Waals surface area contributed by atoms with E-state index in [0.29, 0.717) is 0 Å². The smallest absolute Gasteiger partial charge is 0.271 e. The van der Waals surface area contributed by atoms with Crippen LogP contribution in [0, 0.1) is 17.8 Å². The Morgan fingerprint density at radius 3 is 3.20 bits per heavy atom. The molecule has 0 radical (unpaired) electrons. The van der Waals surface area contributed by atoms with Gasteiger partial charge < -0.3 is 4.84 Å². The summed E-state index contributed by atoms with van der Waals surface area (Å²) >= 11 is 0. The fourth-order valence-electron chi connectivity index (χ4n) is 0.630. The van der Waals surface area contributed by atoms with E-state index in [4.69, 9.17) is 0 Å². The van der Waals surface area contributed by atoms with Gasteiger partial charge in [0.2, 0.25) is 0 Å². The van der Waals surface area contributed by atoms with Gasteiger partial charge in [-0.3, -0.25) is 4.79 Å². The van der Waals surface area contributed by atoms with Crippen LogP contribution in [0.2, 0.25) is 0 Å². The molecule has 0 saturated heterocycles. The van der Waals surface area contributed by atoms with E-state index in [9.17, 15) is 4.79 Å². The highest BCUT2D eigenvalue weighted by atomic mass is 16.6. The molecule has 0 spiro atoms. The van der Waals surface area contributed by atoms with Crippen molar-refractivity contribution in [3.05, 3.63) is 12.3 Å². The zero-order valence-electron chi connectivity index (χ0n) is 5.55. The molecule has 1 N–H and O–H groups in total. The Hall–Kier alpha value is -1.43. The third-order valence-corrected chi connectivity index (χ3v) is 1.08. The van der Waals surface area contributed by atoms with Crippen molar-refractivity contribution in [2.75, 3.05) is 0 Å². The van der Waals surface area contributed by atoms with Gasteiger partial charge in [-0.1, -0.05) is 5.92 Å². The van der Waals surface area contributed by atoms with E-state index < -0.39 is 0 Å². The SMILES string of the molecule is CC#CC1C=CONC1=O. The lowest BCUT2D eigenvalue weighted by Gasteiger charge is -2.10. The number of nitrogens with one attached hydrogen (secondary N) is 1. The van der Waals surface area contributed by atoms with E-state index in [2.05, 4.69) is 22.2 Å². The highest BCUT2D eigenvalue weighted by Crippen LogP contribution is 2.01. The number of amides is 1. The zero-order chi connectivity index (χ0) is 7.40. The number of hydroxylamine groups is 1. The van der Waals surface area contributed by atoms with Gasteiger partial charge in [0, 0.05) is 0 Å². The maximum absolute atomic E-state index is 10.8. The van der Waals surface area contributed by atoms with Gasteiger partial charge in [0.05, 0.1) is 0 Å². The minimum atomic E-state index is -0.348. The van der Waals surface area contributed by atoms with Gasteiger partial charge >= 0.3 is 0 Å². The number of hydrogen-bond donors (Lipinski definition) is 1. The lowest BCUT2D eigenvalue weighted by atomic mass is 10.1. The Morgan fingerprint density at radius 1 is 1.80 bits per heavy atom. The molecule has 0 bridgehead atoms. The second-order valence-electron chi connectivity index (χ2n) is 1.78. The van der Waals surface area contributed by atoms with E-state index in [1.807, 2.05) is 0 Å². The molecular formula is C7H7NO2. The van der Waals surface area contributed by atoms with Gasteiger partial charge in [-0.05, 0) is 13.0 Å². The molecule has 3 nitrogen and oxygen atoms in total. The summed E-state index contributed by atoms with van der Waals surface area (Å²) in [6.07, 6.45) is 3.02. The molecule has 0 fully saturated rings. The highest BCUT2D eigenvalue weighted by molar-refractivity contribution is 5.83. The van der Waals surface area contributed by atoms with Crippen LogP contribution in [0.1, 0.15) is 6.92 Å². The van der Waals surface area contributed by atoms with E-state index in [0.717, 1.165) is 0 Å². The van der Waals surface area contributed by atoms with Crippen LogP contribution in [0.3, 0.4) is 0 Å². The molecule has 1 rings (SSSR count). The van der Waals surface area contributed by atoms with Crippen molar-refractivity contribution in [2.45, 2.75) is 6.92 Å². The number of hydrogen-bond acceptors (Lipinski definition) is 2. The standard InChI is InChI=1S/C7H7NO2/c1-2-3-6-4-5-10-8-7(6)9/h4-6H,1H3,(H,8,9). The van der Waals surface area contributed by atoms with Gasteiger partial charge in [0.1, 0.15) is 12.2 Å². The molecule has 10 heavy (non-hydrogen) atoms. The van der Waals surface area contributed by atoms with Crippen molar-refractivity contribution in [1.29, 1.82) is 0 Å². The Kier molecular flexibility index (Phi) is 1.96. The van der Waals surface area contributed by atoms with Gasteiger partial charge in [0.15, 0.2) is 0 Å². The van der Waals surface area contributed by atoms with Crippen LogP contribution in [0.5, 0.6) is 0 Å². The summed E-state index contributed by atoms with van der Waals surface area (Å²) in [6, 6.07) is 0. The maximum atomic E-state index is 10.8. The summed E-state index contributed by atoms with van der Waals surface area (Å²) < 4.78 is 0. The summed E-state index contributed by atoms with van der Waals surface area (Å²) in [7, 11) is 0. The first-order valence-electron chi connectivity index (χ1n) is 2.89. The molecule has 1 aliphatic rings. The third kappa shape index (κ3) is 1.29. The molecule has 1 amide bonds. The van der Waals surface area contributed by atoms with E-state index in [1.165, 1.54) is 6.26 Å². The number of rotatable bonds is 0. The molecule has 1 heterocycles. The van der Waals surface area contributed by atoms with E-state index >= 15 is 0 Å². The van der Waals surface area contributed by atoms with Crippen molar-refractivity contribution >= 4 is 5.91 Å². The van der Waals surface area contributed by atoms with Gasteiger partial charge in [-0.2, -0.15) is 5.48 Å². The van der Waals surface area contributed by atoms with Crippen molar-refractivity contribution < 1.29 is 9.63 Å². The normalized spacial score (nSPS) is 22.1. The minimum absolute atomic E-state index is 0.211. The van der Waals surface area contributed by atoms with Crippen molar-refractivity contribution in [3.8, 4) is 11.8 Å². The summed E-state index contributed by atoms with van der Waals surface area (Å²) in [5.41, 5.74) is 2.19. The monoisotopic (exact) mass is 137 g/mol. The summed E-state index contributed by atoms with van der Waals surface area (Å²) in [4.78, 5) is 15.3. The second-order valence-corrected chi connectivity index (χ2v) is 1.78. The first-order valence-corrected chi connectivity index (χ1v) is 2.89. The largest absolute Gasteiger partial charge is 0.388 e. The molecule has 0 aromatic carbocycles. The van der Waals surface area contributed by atoms with Gasteiger partial charge in [-0.25, -0.2) is 0 Å². The molecule has 1 aliphatic heterocycles. The number of carbonyl (C=O) groups excluding carboxylic acids is 1. The van der Waals surface area contributed by atoms with Crippen LogP contribution in [0.25, 0.3) is 0 Å². The third-order valence-electron chi connectivity index (χ3n) is 1.08. The van der Waals surface area contributed by atoms with Crippen molar-refractivity contribution in [2.24, 2.45) is 5.92 Å². The Bertz CT molecular complexity index is 221. The van der Waals surface area contributed by atoms with E-state index in [-0.39, 0.29) is 11.8 Å².